The van der Waals surface area contributed by atoms with Crippen LogP contribution in [0.1, 0.15) is 22.3 Å². The quantitative estimate of drug-likeness (QED) is 0.302. The molecule has 5 nitrogen and oxygen atoms in total. The maximum Gasteiger partial charge on any atom is 0.293 e. The standard InChI is InChI=1S/C27H24BrNO4S/c1-18-8-10-20(11-9-18)17-33-24-16-22(28)21(14-23(24)32-2)15-25-26(30)29(27(31)34-25)13-12-19-6-4-3-5-7-19/h3-11,14-16H,12-13,17H2,1-2H3/b25-15-. The van der Waals surface area contributed by atoms with Crippen molar-refractivity contribution in [1.29, 1.82) is 0 Å². The molecule has 0 saturated carbocycles. The molecule has 0 atom stereocenters. The molecule has 7 heteroatoms. The lowest BCUT2D eigenvalue weighted by Crippen LogP contribution is -2.30. The Morgan fingerprint density at radius 1 is 0.971 bits per heavy atom. The Morgan fingerprint density at radius 2 is 1.71 bits per heavy atom. The molecule has 1 heterocycles. The van der Waals surface area contributed by atoms with Crippen LogP contribution in [0.4, 0.5) is 4.79 Å². The number of hydrogen-bond donors (Lipinski definition) is 0. The Balaban J connectivity index is 1.48. The molecule has 0 spiro atoms. The Hall–Kier alpha value is -3.03. The fraction of sp³-hybridized carbons (Fsp3) is 0.185. The number of halogens is 1. The molecule has 1 aliphatic rings. The molecule has 0 aromatic heterocycles. The van der Waals surface area contributed by atoms with Crippen LogP contribution in [0.5, 0.6) is 11.5 Å². The van der Waals surface area contributed by atoms with Gasteiger partial charge in [0, 0.05) is 11.0 Å². The molecule has 1 fully saturated rings. The van der Waals surface area contributed by atoms with Crippen molar-refractivity contribution < 1.29 is 19.1 Å². The topological polar surface area (TPSA) is 55.8 Å². The van der Waals surface area contributed by atoms with Crippen LogP contribution >= 0.6 is 27.7 Å². The van der Waals surface area contributed by atoms with E-state index in [1.54, 1.807) is 19.3 Å². The van der Waals surface area contributed by atoms with Crippen molar-refractivity contribution in [1.82, 2.24) is 4.90 Å². The lowest BCUT2D eigenvalue weighted by atomic mass is 10.1. The van der Waals surface area contributed by atoms with Crippen molar-refractivity contribution in [3.05, 3.63) is 98.4 Å². The summed E-state index contributed by atoms with van der Waals surface area (Å²) < 4.78 is 12.2. The van der Waals surface area contributed by atoms with Crippen LogP contribution in [0.3, 0.4) is 0 Å². The number of carbonyl (C=O) groups is 2. The first-order valence-electron chi connectivity index (χ1n) is 10.8. The van der Waals surface area contributed by atoms with Crippen molar-refractivity contribution in [2.45, 2.75) is 20.0 Å². The Morgan fingerprint density at radius 3 is 2.41 bits per heavy atom. The smallest absolute Gasteiger partial charge is 0.293 e. The van der Waals surface area contributed by atoms with Crippen LogP contribution in [0.2, 0.25) is 0 Å². The number of ether oxygens (including phenoxy) is 2. The van der Waals surface area contributed by atoms with E-state index in [1.807, 2.05) is 67.6 Å². The minimum Gasteiger partial charge on any atom is -0.493 e. The monoisotopic (exact) mass is 537 g/mol. The minimum absolute atomic E-state index is 0.256. The van der Waals surface area contributed by atoms with E-state index in [0.717, 1.165) is 32.9 Å². The normalized spacial score (nSPS) is 14.7. The van der Waals surface area contributed by atoms with Crippen LogP contribution in [0, 0.1) is 6.92 Å². The highest BCUT2D eigenvalue weighted by atomic mass is 79.9. The van der Waals surface area contributed by atoms with Gasteiger partial charge in [-0.2, -0.15) is 0 Å². The predicted molar refractivity (Wildman–Crippen MR) is 139 cm³/mol. The summed E-state index contributed by atoms with van der Waals surface area (Å²) in [7, 11) is 1.57. The van der Waals surface area contributed by atoms with Crippen molar-refractivity contribution in [2.24, 2.45) is 0 Å². The third kappa shape index (κ3) is 5.72. The summed E-state index contributed by atoms with van der Waals surface area (Å²) in [5.41, 5.74) is 4.06. The fourth-order valence-electron chi connectivity index (χ4n) is 3.50. The summed E-state index contributed by atoms with van der Waals surface area (Å²) in [5.74, 6) is 0.851. The summed E-state index contributed by atoms with van der Waals surface area (Å²) in [6.07, 6.45) is 2.33. The number of methoxy groups -OCH3 is 1. The molecule has 1 saturated heterocycles. The van der Waals surface area contributed by atoms with Gasteiger partial charge >= 0.3 is 0 Å². The summed E-state index contributed by atoms with van der Waals surface area (Å²) in [4.78, 5) is 27.1. The summed E-state index contributed by atoms with van der Waals surface area (Å²) in [5, 5.41) is -0.256. The van der Waals surface area contributed by atoms with Gasteiger partial charge in [-0.15, -0.1) is 0 Å². The van der Waals surface area contributed by atoms with E-state index in [4.69, 9.17) is 9.47 Å². The number of imide groups is 1. The fourth-order valence-corrected chi connectivity index (χ4v) is 4.79. The summed E-state index contributed by atoms with van der Waals surface area (Å²) in [6, 6.07) is 21.6. The van der Waals surface area contributed by atoms with Crippen LogP contribution in [-0.2, 0) is 17.8 Å². The first-order valence-corrected chi connectivity index (χ1v) is 12.4. The predicted octanol–water partition coefficient (Wildman–Crippen LogP) is 6.62. The maximum atomic E-state index is 12.9. The molecular weight excluding hydrogens is 514 g/mol. The first kappa shape index (κ1) is 24.1. The average molecular weight is 538 g/mol. The zero-order valence-corrected chi connectivity index (χ0v) is 21.3. The van der Waals surface area contributed by atoms with Gasteiger partial charge < -0.3 is 9.47 Å². The number of nitrogens with zero attached hydrogens (tertiary/aromatic N) is 1. The molecule has 0 bridgehead atoms. The van der Waals surface area contributed by atoms with Gasteiger partial charge in [-0.3, -0.25) is 14.5 Å². The number of carbonyl (C=O) groups excluding carboxylic acids is 2. The van der Waals surface area contributed by atoms with E-state index in [1.165, 1.54) is 10.5 Å². The lowest BCUT2D eigenvalue weighted by molar-refractivity contribution is -0.122. The molecule has 3 aromatic carbocycles. The van der Waals surface area contributed by atoms with E-state index in [9.17, 15) is 9.59 Å². The summed E-state index contributed by atoms with van der Waals surface area (Å²) >= 11 is 4.52. The maximum absolute atomic E-state index is 12.9. The van der Waals surface area contributed by atoms with Gasteiger partial charge in [-0.1, -0.05) is 76.1 Å². The van der Waals surface area contributed by atoms with E-state index >= 15 is 0 Å². The molecule has 34 heavy (non-hydrogen) atoms. The second kappa shape index (κ2) is 10.9. The van der Waals surface area contributed by atoms with Gasteiger partial charge in [0.15, 0.2) is 11.5 Å². The summed E-state index contributed by atoms with van der Waals surface area (Å²) in [6.45, 7) is 2.80. The van der Waals surface area contributed by atoms with Crippen LogP contribution in [0.25, 0.3) is 6.08 Å². The van der Waals surface area contributed by atoms with Gasteiger partial charge in [0.05, 0.1) is 12.0 Å². The van der Waals surface area contributed by atoms with Gasteiger partial charge in [-0.05, 0) is 60.0 Å². The van der Waals surface area contributed by atoms with E-state index in [0.29, 0.717) is 36.0 Å². The van der Waals surface area contributed by atoms with E-state index < -0.39 is 0 Å². The molecule has 0 aliphatic carbocycles. The first-order chi connectivity index (χ1) is 16.4. The third-order valence-corrected chi connectivity index (χ3v) is 7.02. The molecule has 4 rings (SSSR count). The number of thioether (sulfide) groups is 1. The van der Waals surface area contributed by atoms with Crippen molar-refractivity contribution in [2.75, 3.05) is 13.7 Å². The number of aryl methyl sites for hydroxylation is 1. The molecule has 1 aliphatic heterocycles. The molecule has 0 radical (unpaired) electrons. The molecule has 2 amide bonds. The van der Waals surface area contributed by atoms with Crippen LogP contribution in [0.15, 0.2) is 76.1 Å². The number of amides is 2. The second-order valence-electron chi connectivity index (χ2n) is 7.87. The Bertz CT molecular complexity index is 1230. The number of benzene rings is 3. The minimum atomic E-state index is -0.281. The van der Waals surface area contributed by atoms with Gasteiger partial charge in [-0.25, -0.2) is 0 Å². The zero-order chi connectivity index (χ0) is 24.1. The molecular formula is C27H24BrNO4S. The average Bonchev–Trinajstić information content (AvgIpc) is 3.11. The highest BCUT2D eigenvalue weighted by Crippen LogP contribution is 2.38. The van der Waals surface area contributed by atoms with Crippen LogP contribution < -0.4 is 9.47 Å². The Kier molecular flexibility index (Phi) is 7.75. The molecule has 0 N–H and O–H groups in total. The lowest BCUT2D eigenvalue weighted by Gasteiger charge is -2.13. The number of rotatable bonds is 8. The van der Waals surface area contributed by atoms with Crippen LogP contribution in [-0.4, -0.2) is 29.7 Å². The second-order valence-corrected chi connectivity index (χ2v) is 9.72. The van der Waals surface area contributed by atoms with E-state index in [2.05, 4.69) is 15.9 Å². The van der Waals surface area contributed by atoms with E-state index in [-0.39, 0.29) is 11.1 Å². The van der Waals surface area contributed by atoms with Crippen molar-refractivity contribution in [3.63, 3.8) is 0 Å². The highest BCUT2D eigenvalue weighted by molar-refractivity contribution is 9.10. The SMILES string of the molecule is COc1cc(/C=C2\SC(=O)N(CCc3ccccc3)C2=O)c(Br)cc1OCc1ccc(C)cc1. The molecule has 3 aromatic rings. The van der Waals surface area contributed by atoms with Gasteiger partial charge in [0.2, 0.25) is 0 Å². The number of hydrogen-bond acceptors (Lipinski definition) is 5. The largest absolute Gasteiger partial charge is 0.493 e. The molecule has 0 unspecified atom stereocenters. The van der Waals surface area contributed by atoms with Gasteiger partial charge in [0.1, 0.15) is 6.61 Å². The Labute approximate surface area is 211 Å². The van der Waals surface area contributed by atoms with Crippen molar-refractivity contribution >= 4 is 44.9 Å². The van der Waals surface area contributed by atoms with Crippen molar-refractivity contribution in [3.8, 4) is 11.5 Å². The zero-order valence-electron chi connectivity index (χ0n) is 18.9. The third-order valence-electron chi connectivity index (χ3n) is 5.42. The van der Waals surface area contributed by atoms with Gasteiger partial charge in [0.25, 0.3) is 11.1 Å². The highest BCUT2D eigenvalue weighted by Gasteiger charge is 2.34. The molecule has 174 valence electrons.